The molecule has 0 aliphatic heterocycles. The van der Waals surface area contributed by atoms with E-state index in [1.807, 2.05) is 6.20 Å². The monoisotopic (exact) mass is 329 g/mol. The highest BCUT2D eigenvalue weighted by atomic mass is 16.3. The molecule has 0 radical (unpaired) electrons. The van der Waals surface area contributed by atoms with Crippen molar-refractivity contribution in [1.82, 2.24) is 15.0 Å². The van der Waals surface area contributed by atoms with Crippen molar-refractivity contribution >= 4 is 22.7 Å². The van der Waals surface area contributed by atoms with E-state index in [0.29, 0.717) is 18.0 Å². The molecule has 0 atom stereocenters. The van der Waals surface area contributed by atoms with Crippen LogP contribution in [-0.2, 0) is 6.42 Å². The molecule has 2 heterocycles. The number of hydrogen-bond acceptors (Lipinski definition) is 6. The lowest BCUT2D eigenvalue weighted by atomic mass is 9.93. The minimum absolute atomic E-state index is 0.154. The van der Waals surface area contributed by atoms with Gasteiger partial charge in [0.05, 0.1) is 6.10 Å². The molecule has 1 aliphatic rings. The Morgan fingerprint density at radius 2 is 1.96 bits per heavy atom. The fourth-order valence-corrected chi connectivity index (χ4v) is 3.12. The molecule has 1 aliphatic carbocycles. The maximum Gasteiger partial charge on any atom is 0.223 e. The number of hydrogen-bond donors (Lipinski definition) is 3. The average molecular weight is 329 g/mol. The standard InChI is InChI=1S/C18H27N5O/c1-4-13-9-12-10-19-18(22-14-5-7-15(24)8-6-14)23-16(12)17(21-13)20-11(2)3/h9-11,14-15,24H,4-8H2,1-3H3,(H,20,21)(H,19,22,23). The molecule has 0 saturated heterocycles. The van der Waals surface area contributed by atoms with Crippen LogP contribution in [0.4, 0.5) is 11.8 Å². The molecular formula is C18H27N5O. The quantitative estimate of drug-likeness (QED) is 0.782. The Morgan fingerprint density at radius 3 is 2.62 bits per heavy atom. The van der Waals surface area contributed by atoms with Gasteiger partial charge in [-0.2, -0.15) is 0 Å². The summed E-state index contributed by atoms with van der Waals surface area (Å²) in [6, 6.07) is 2.68. The van der Waals surface area contributed by atoms with Gasteiger partial charge in [0.2, 0.25) is 5.95 Å². The smallest absolute Gasteiger partial charge is 0.223 e. The van der Waals surface area contributed by atoms with Crippen LogP contribution >= 0.6 is 0 Å². The fraction of sp³-hybridized carbons (Fsp3) is 0.611. The molecule has 1 fully saturated rings. The second-order valence-corrected chi connectivity index (χ2v) is 6.90. The van der Waals surface area contributed by atoms with Gasteiger partial charge in [-0.3, -0.25) is 0 Å². The van der Waals surface area contributed by atoms with E-state index in [9.17, 15) is 5.11 Å². The van der Waals surface area contributed by atoms with E-state index in [4.69, 9.17) is 9.97 Å². The highest BCUT2D eigenvalue weighted by Crippen LogP contribution is 2.25. The van der Waals surface area contributed by atoms with Crippen molar-refractivity contribution < 1.29 is 5.11 Å². The van der Waals surface area contributed by atoms with E-state index >= 15 is 0 Å². The van der Waals surface area contributed by atoms with Crippen molar-refractivity contribution in [2.24, 2.45) is 0 Å². The van der Waals surface area contributed by atoms with Gasteiger partial charge in [0, 0.05) is 29.4 Å². The summed E-state index contributed by atoms with van der Waals surface area (Å²) in [5.41, 5.74) is 1.89. The number of aliphatic hydroxyl groups excluding tert-OH is 1. The third kappa shape index (κ3) is 3.93. The minimum atomic E-state index is -0.154. The molecule has 1 saturated carbocycles. The first-order chi connectivity index (χ1) is 11.5. The van der Waals surface area contributed by atoms with Crippen LogP contribution in [0.15, 0.2) is 12.3 Å². The lowest BCUT2D eigenvalue weighted by molar-refractivity contribution is 0.126. The molecule has 0 aromatic carbocycles. The van der Waals surface area contributed by atoms with Gasteiger partial charge < -0.3 is 15.7 Å². The molecule has 2 aromatic heterocycles. The number of rotatable bonds is 5. The number of aliphatic hydroxyl groups is 1. The summed E-state index contributed by atoms with van der Waals surface area (Å²) < 4.78 is 0. The van der Waals surface area contributed by atoms with Crippen molar-refractivity contribution in [3.05, 3.63) is 18.0 Å². The van der Waals surface area contributed by atoms with Crippen molar-refractivity contribution in [3.63, 3.8) is 0 Å². The minimum Gasteiger partial charge on any atom is -0.393 e. The first-order valence-corrected chi connectivity index (χ1v) is 8.93. The first-order valence-electron chi connectivity index (χ1n) is 8.93. The Hall–Kier alpha value is -1.95. The summed E-state index contributed by atoms with van der Waals surface area (Å²) in [4.78, 5) is 13.9. The van der Waals surface area contributed by atoms with E-state index in [1.165, 1.54) is 0 Å². The van der Waals surface area contributed by atoms with E-state index in [-0.39, 0.29) is 6.10 Å². The SMILES string of the molecule is CCc1cc2cnc(NC3CCC(O)CC3)nc2c(NC(C)C)n1. The normalized spacial score (nSPS) is 21.2. The van der Waals surface area contributed by atoms with Crippen LogP contribution in [0, 0.1) is 0 Å². The molecule has 0 spiro atoms. The maximum atomic E-state index is 9.63. The Labute approximate surface area is 143 Å². The highest BCUT2D eigenvalue weighted by Gasteiger charge is 2.20. The van der Waals surface area contributed by atoms with Crippen molar-refractivity contribution in [3.8, 4) is 0 Å². The second-order valence-electron chi connectivity index (χ2n) is 6.90. The maximum absolute atomic E-state index is 9.63. The number of nitrogens with zero attached hydrogens (tertiary/aromatic N) is 3. The first kappa shape index (κ1) is 16.9. The third-order valence-corrected chi connectivity index (χ3v) is 4.44. The lowest BCUT2D eigenvalue weighted by Crippen LogP contribution is -2.28. The molecular weight excluding hydrogens is 302 g/mol. The van der Waals surface area contributed by atoms with Gasteiger partial charge in [0.25, 0.3) is 0 Å². The summed E-state index contributed by atoms with van der Waals surface area (Å²) >= 11 is 0. The van der Waals surface area contributed by atoms with Crippen LogP contribution in [0.5, 0.6) is 0 Å². The third-order valence-electron chi connectivity index (χ3n) is 4.44. The van der Waals surface area contributed by atoms with Crippen LogP contribution in [-0.4, -0.2) is 38.2 Å². The molecule has 24 heavy (non-hydrogen) atoms. The summed E-state index contributed by atoms with van der Waals surface area (Å²) in [6.45, 7) is 6.29. The zero-order chi connectivity index (χ0) is 17.1. The zero-order valence-corrected chi connectivity index (χ0v) is 14.7. The Bertz CT molecular complexity index is 695. The summed E-state index contributed by atoms with van der Waals surface area (Å²) in [7, 11) is 0. The number of fused-ring (bicyclic) bond motifs is 1. The van der Waals surface area contributed by atoms with E-state index in [1.54, 1.807) is 0 Å². The molecule has 3 rings (SSSR count). The predicted octanol–water partition coefficient (Wildman–Crippen LogP) is 3.12. The summed E-state index contributed by atoms with van der Waals surface area (Å²) in [5.74, 6) is 1.46. The van der Waals surface area contributed by atoms with Crippen LogP contribution in [0.3, 0.4) is 0 Å². The number of aromatic nitrogens is 3. The molecule has 130 valence electrons. The van der Waals surface area contributed by atoms with Gasteiger partial charge in [-0.15, -0.1) is 0 Å². The van der Waals surface area contributed by atoms with Crippen molar-refractivity contribution in [1.29, 1.82) is 0 Å². The van der Waals surface area contributed by atoms with Crippen LogP contribution in [0.2, 0.25) is 0 Å². The van der Waals surface area contributed by atoms with Crippen molar-refractivity contribution in [2.45, 2.75) is 71.1 Å². The average Bonchev–Trinajstić information content (AvgIpc) is 2.56. The van der Waals surface area contributed by atoms with Crippen molar-refractivity contribution in [2.75, 3.05) is 10.6 Å². The van der Waals surface area contributed by atoms with Crippen LogP contribution in [0.25, 0.3) is 10.9 Å². The van der Waals surface area contributed by atoms with Gasteiger partial charge in [-0.1, -0.05) is 6.92 Å². The number of anilines is 2. The van der Waals surface area contributed by atoms with Gasteiger partial charge in [-0.25, -0.2) is 15.0 Å². The van der Waals surface area contributed by atoms with E-state index in [0.717, 1.165) is 54.5 Å². The molecule has 0 bridgehead atoms. The number of aryl methyl sites for hydroxylation is 1. The molecule has 3 N–H and O–H groups in total. The largest absolute Gasteiger partial charge is 0.393 e. The van der Waals surface area contributed by atoms with Gasteiger partial charge >= 0.3 is 0 Å². The van der Waals surface area contributed by atoms with Gasteiger partial charge in [0.1, 0.15) is 5.52 Å². The molecule has 0 amide bonds. The number of pyridine rings is 1. The Balaban J connectivity index is 1.88. The molecule has 2 aromatic rings. The summed E-state index contributed by atoms with van der Waals surface area (Å²) in [5, 5.41) is 17.4. The lowest BCUT2D eigenvalue weighted by Gasteiger charge is -2.26. The van der Waals surface area contributed by atoms with Crippen LogP contribution < -0.4 is 10.6 Å². The molecule has 6 nitrogen and oxygen atoms in total. The Morgan fingerprint density at radius 1 is 1.21 bits per heavy atom. The van der Waals surface area contributed by atoms with E-state index < -0.39 is 0 Å². The van der Waals surface area contributed by atoms with Crippen LogP contribution in [0.1, 0.15) is 52.1 Å². The Kier molecular flexibility index (Phi) is 5.14. The van der Waals surface area contributed by atoms with Gasteiger partial charge in [0.15, 0.2) is 5.82 Å². The molecule has 6 heteroatoms. The topological polar surface area (TPSA) is 83.0 Å². The number of nitrogens with one attached hydrogen (secondary N) is 2. The van der Waals surface area contributed by atoms with Gasteiger partial charge in [-0.05, 0) is 52.0 Å². The second kappa shape index (κ2) is 7.30. The molecule has 0 unspecified atom stereocenters. The highest BCUT2D eigenvalue weighted by molar-refractivity contribution is 5.88. The predicted molar refractivity (Wildman–Crippen MR) is 97.4 cm³/mol. The zero-order valence-electron chi connectivity index (χ0n) is 14.7. The fourth-order valence-electron chi connectivity index (χ4n) is 3.12. The summed E-state index contributed by atoms with van der Waals surface area (Å²) in [6.07, 6.45) is 6.18. The van der Waals surface area contributed by atoms with E-state index in [2.05, 4.69) is 42.5 Å².